The Hall–Kier alpha value is -1.93. The second kappa shape index (κ2) is 2.60. The van der Waals surface area contributed by atoms with Crippen molar-refractivity contribution >= 4 is 22.1 Å². The van der Waals surface area contributed by atoms with Gasteiger partial charge in [0.05, 0.1) is 5.71 Å². The summed E-state index contributed by atoms with van der Waals surface area (Å²) < 4.78 is 0. The average molecular weight is 207 g/mol. The van der Waals surface area contributed by atoms with Crippen molar-refractivity contribution in [2.45, 2.75) is 6.23 Å². The van der Waals surface area contributed by atoms with Gasteiger partial charge >= 0.3 is 0 Å². The van der Waals surface area contributed by atoms with Crippen molar-refractivity contribution in [2.75, 3.05) is 0 Å². The van der Waals surface area contributed by atoms with Crippen molar-refractivity contribution in [3.05, 3.63) is 53.6 Å². The standard InChI is InChI=1S/C14H9NO/c16-12-7-11-9-5-1-3-8-4-2-6-10(13(8)9)14(11)15-12/h1-7,12,16H. The first-order valence-corrected chi connectivity index (χ1v) is 5.35. The molecule has 0 fully saturated rings. The molecule has 0 aromatic heterocycles. The van der Waals surface area contributed by atoms with Gasteiger partial charge in [-0.1, -0.05) is 36.4 Å². The van der Waals surface area contributed by atoms with E-state index in [0.29, 0.717) is 0 Å². The second-order valence-electron chi connectivity index (χ2n) is 4.18. The highest BCUT2D eigenvalue weighted by Crippen LogP contribution is 2.40. The summed E-state index contributed by atoms with van der Waals surface area (Å²) in [5.74, 6) is 0. The van der Waals surface area contributed by atoms with E-state index < -0.39 is 6.23 Å². The zero-order valence-corrected chi connectivity index (χ0v) is 8.51. The average Bonchev–Trinajstić information content (AvgIpc) is 2.80. The molecule has 1 aliphatic carbocycles. The van der Waals surface area contributed by atoms with Crippen molar-refractivity contribution in [3.63, 3.8) is 0 Å². The zero-order valence-electron chi connectivity index (χ0n) is 8.51. The van der Waals surface area contributed by atoms with E-state index in [1.165, 1.54) is 16.3 Å². The molecule has 1 heterocycles. The molecule has 1 N–H and O–H groups in total. The van der Waals surface area contributed by atoms with Crippen LogP contribution in [0.1, 0.15) is 11.1 Å². The van der Waals surface area contributed by atoms with Crippen LogP contribution in [0, 0.1) is 0 Å². The summed E-state index contributed by atoms with van der Waals surface area (Å²) in [7, 11) is 0. The second-order valence-corrected chi connectivity index (χ2v) is 4.18. The number of hydrogen-bond donors (Lipinski definition) is 1. The maximum absolute atomic E-state index is 9.55. The number of aliphatic hydroxyl groups excluding tert-OH is 1. The third-order valence-corrected chi connectivity index (χ3v) is 3.28. The molecule has 0 spiro atoms. The van der Waals surface area contributed by atoms with Gasteiger partial charge in [0.1, 0.15) is 0 Å². The Balaban J connectivity index is 2.22. The van der Waals surface area contributed by atoms with Crippen molar-refractivity contribution < 1.29 is 5.11 Å². The molecule has 2 aromatic rings. The summed E-state index contributed by atoms with van der Waals surface area (Å²) in [6.45, 7) is 0. The van der Waals surface area contributed by atoms with Crippen LogP contribution in [0.3, 0.4) is 0 Å². The van der Waals surface area contributed by atoms with Gasteiger partial charge in [0.25, 0.3) is 0 Å². The fraction of sp³-hybridized carbons (Fsp3) is 0.0714. The maximum atomic E-state index is 9.55. The molecular weight excluding hydrogens is 198 g/mol. The number of rotatable bonds is 0. The van der Waals surface area contributed by atoms with E-state index in [1.54, 1.807) is 0 Å². The van der Waals surface area contributed by atoms with Crippen LogP contribution in [-0.4, -0.2) is 17.0 Å². The zero-order chi connectivity index (χ0) is 10.7. The van der Waals surface area contributed by atoms with Gasteiger partial charge in [0.2, 0.25) is 0 Å². The summed E-state index contributed by atoms with van der Waals surface area (Å²) in [6, 6.07) is 12.5. The van der Waals surface area contributed by atoms with E-state index in [1.807, 2.05) is 12.1 Å². The molecule has 2 heteroatoms. The molecule has 1 aliphatic heterocycles. The van der Waals surface area contributed by atoms with Crippen LogP contribution < -0.4 is 0 Å². The van der Waals surface area contributed by atoms with Gasteiger partial charge in [-0.15, -0.1) is 0 Å². The lowest BCUT2D eigenvalue weighted by molar-refractivity contribution is 0.237. The number of aliphatic hydroxyl groups is 1. The number of hydrogen-bond acceptors (Lipinski definition) is 2. The van der Waals surface area contributed by atoms with E-state index in [-0.39, 0.29) is 0 Å². The van der Waals surface area contributed by atoms with Crippen LogP contribution in [0.4, 0.5) is 0 Å². The summed E-state index contributed by atoms with van der Waals surface area (Å²) in [4.78, 5) is 4.27. The molecule has 0 saturated carbocycles. The predicted octanol–water partition coefficient (Wildman–Crippen LogP) is 2.36. The summed E-state index contributed by atoms with van der Waals surface area (Å²) in [6.07, 6.45) is 1.15. The number of nitrogens with zero attached hydrogens (tertiary/aromatic N) is 1. The van der Waals surface area contributed by atoms with Gasteiger partial charge in [0.15, 0.2) is 6.23 Å². The fourth-order valence-electron chi connectivity index (χ4n) is 2.66. The Kier molecular flexibility index (Phi) is 1.34. The van der Waals surface area contributed by atoms with E-state index in [2.05, 4.69) is 35.3 Å². The van der Waals surface area contributed by atoms with E-state index >= 15 is 0 Å². The molecule has 2 aromatic carbocycles. The Morgan fingerprint density at radius 2 is 1.75 bits per heavy atom. The lowest BCUT2D eigenvalue weighted by atomic mass is 10.0. The molecule has 0 radical (unpaired) electrons. The minimum absolute atomic E-state index is 0.673. The lowest BCUT2D eigenvalue weighted by Crippen LogP contribution is -1.95. The molecule has 16 heavy (non-hydrogen) atoms. The van der Waals surface area contributed by atoms with Crippen LogP contribution in [0.2, 0.25) is 0 Å². The fourth-order valence-corrected chi connectivity index (χ4v) is 2.66. The van der Waals surface area contributed by atoms with Crippen LogP contribution in [0.25, 0.3) is 16.3 Å². The van der Waals surface area contributed by atoms with Gasteiger partial charge < -0.3 is 5.11 Å². The molecule has 4 rings (SSSR count). The van der Waals surface area contributed by atoms with Gasteiger partial charge in [-0.25, -0.2) is 4.99 Å². The third-order valence-electron chi connectivity index (χ3n) is 3.28. The van der Waals surface area contributed by atoms with Crippen LogP contribution in [-0.2, 0) is 0 Å². The van der Waals surface area contributed by atoms with Gasteiger partial charge in [-0.05, 0) is 22.4 Å². The largest absolute Gasteiger partial charge is 0.368 e. The topological polar surface area (TPSA) is 32.6 Å². The van der Waals surface area contributed by atoms with E-state index in [9.17, 15) is 5.11 Å². The molecule has 76 valence electrons. The number of fused-ring (bicyclic) bond motifs is 3. The van der Waals surface area contributed by atoms with E-state index in [0.717, 1.165) is 16.8 Å². The first-order chi connectivity index (χ1) is 7.84. The molecule has 2 aliphatic rings. The van der Waals surface area contributed by atoms with Gasteiger partial charge in [-0.3, -0.25) is 0 Å². The molecule has 2 nitrogen and oxygen atoms in total. The first kappa shape index (κ1) is 8.25. The third kappa shape index (κ3) is 0.836. The maximum Gasteiger partial charge on any atom is 0.165 e. The molecule has 1 atom stereocenters. The van der Waals surface area contributed by atoms with E-state index in [4.69, 9.17) is 0 Å². The molecule has 0 amide bonds. The highest BCUT2D eigenvalue weighted by Gasteiger charge is 2.29. The normalized spacial score (nSPS) is 20.9. The van der Waals surface area contributed by atoms with Crippen molar-refractivity contribution in [2.24, 2.45) is 4.99 Å². The highest BCUT2D eigenvalue weighted by atomic mass is 16.3. The van der Waals surface area contributed by atoms with Crippen molar-refractivity contribution in [3.8, 4) is 0 Å². The smallest absolute Gasteiger partial charge is 0.165 e. The summed E-state index contributed by atoms with van der Waals surface area (Å²) >= 11 is 0. The number of allylic oxidation sites excluding steroid dienone is 1. The molecule has 0 saturated heterocycles. The number of aliphatic imine (C=N–C) groups is 1. The lowest BCUT2D eigenvalue weighted by Gasteiger charge is -2.01. The first-order valence-electron chi connectivity index (χ1n) is 5.35. The Morgan fingerprint density at radius 3 is 2.56 bits per heavy atom. The number of benzene rings is 2. The molecule has 0 bridgehead atoms. The summed E-state index contributed by atoms with van der Waals surface area (Å²) in [5.41, 5.74) is 4.37. The molecular formula is C14H9NO. The van der Waals surface area contributed by atoms with Crippen molar-refractivity contribution in [1.82, 2.24) is 0 Å². The Morgan fingerprint density at radius 1 is 1.00 bits per heavy atom. The quantitative estimate of drug-likeness (QED) is 0.706. The minimum atomic E-state index is -0.673. The molecule has 1 unspecified atom stereocenters. The SMILES string of the molecule is OC1C=C2C(=N1)c1cccc3cccc2c13. The van der Waals surface area contributed by atoms with Crippen LogP contribution in [0.15, 0.2) is 47.5 Å². The summed E-state index contributed by atoms with van der Waals surface area (Å²) in [5, 5.41) is 12.1. The van der Waals surface area contributed by atoms with Crippen molar-refractivity contribution in [1.29, 1.82) is 0 Å². The van der Waals surface area contributed by atoms with Gasteiger partial charge in [-0.2, -0.15) is 0 Å². The predicted molar refractivity (Wildman–Crippen MR) is 64.5 cm³/mol. The Labute approximate surface area is 92.6 Å². The minimum Gasteiger partial charge on any atom is -0.368 e. The highest BCUT2D eigenvalue weighted by molar-refractivity contribution is 6.43. The monoisotopic (exact) mass is 207 g/mol. The van der Waals surface area contributed by atoms with Crippen LogP contribution >= 0.6 is 0 Å². The van der Waals surface area contributed by atoms with Gasteiger partial charge in [0, 0.05) is 11.1 Å². The Bertz CT molecular complexity index is 627. The van der Waals surface area contributed by atoms with Crippen LogP contribution in [0.5, 0.6) is 0 Å².